The first-order valence-electron chi connectivity index (χ1n) is 6.50. The first-order chi connectivity index (χ1) is 8.06. The molecule has 0 spiro atoms. The van der Waals surface area contributed by atoms with E-state index in [2.05, 4.69) is 44.8 Å². The van der Waals surface area contributed by atoms with Crippen LogP contribution in [0.3, 0.4) is 0 Å². The largest absolute Gasteiger partial charge is 0.384 e. The van der Waals surface area contributed by atoms with Crippen LogP contribution in [0.1, 0.15) is 44.9 Å². The molecule has 96 valence electrons. The molecule has 0 aromatic carbocycles. The van der Waals surface area contributed by atoms with Crippen LogP contribution in [-0.4, -0.2) is 18.7 Å². The lowest BCUT2D eigenvalue weighted by molar-refractivity contribution is 0.202. The van der Waals surface area contributed by atoms with E-state index in [0.717, 1.165) is 13.0 Å². The summed E-state index contributed by atoms with van der Waals surface area (Å²) < 4.78 is 5.07. The topological polar surface area (TPSA) is 22.1 Å². The van der Waals surface area contributed by atoms with Crippen molar-refractivity contribution in [2.75, 3.05) is 13.7 Å². The molecule has 0 aliphatic rings. The predicted molar refractivity (Wildman–Crippen MR) is 72.2 cm³/mol. The summed E-state index contributed by atoms with van der Waals surface area (Å²) in [7, 11) is 1.73. The summed E-state index contributed by atoms with van der Waals surface area (Å²) in [6, 6.07) is 4.36. The summed E-state index contributed by atoms with van der Waals surface area (Å²) in [5.41, 5.74) is 2.47. The van der Waals surface area contributed by atoms with Gasteiger partial charge in [0.25, 0.3) is 0 Å². The Bertz CT molecular complexity index is 308. The van der Waals surface area contributed by atoms with Gasteiger partial charge in [-0.3, -0.25) is 4.98 Å². The zero-order valence-electron chi connectivity index (χ0n) is 11.7. The lowest BCUT2D eigenvalue weighted by Gasteiger charge is -2.24. The second-order valence-electron chi connectivity index (χ2n) is 5.35. The Balaban J connectivity index is 2.77. The van der Waals surface area contributed by atoms with Crippen LogP contribution in [0.4, 0.5) is 0 Å². The molecule has 0 unspecified atom stereocenters. The molecule has 1 heterocycles. The highest BCUT2D eigenvalue weighted by molar-refractivity contribution is 5.18. The number of methoxy groups -OCH3 is 1. The first-order valence-corrected chi connectivity index (χ1v) is 6.50. The quantitative estimate of drug-likeness (QED) is 0.750. The van der Waals surface area contributed by atoms with Gasteiger partial charge in [0, 0.05) is 24.9 Å². The molecule has 0 aliphatic heterocycles. The minimum Gasteiger partial charge on any atom is -0.384 e. The van der Waals surface area contributed by atoms with Crippen LogP contribution in [0.15, 0.2) is 18.3 Å². The number of hydrogen-bond donors (Lipinski definition) is 0. The lowest BCUT2D eigenvalue weighted by Crippen LogP contribution is -2.15. The summed E-state index contributed by atoms with van der Waals surface area (Å²) in [5.74, 6) is 1.81. The SMILES string of the molecule is COCCc1ccc(C(C(C)C)C(C)C)nc1. The third-order valence-electron chi connectivity index (χ3n) is 3.22. The molecule has 0 bridgehead atoms. The van der Waals surface area contributed by atoms with Gasteiger partial charge in [-0.15, -0.1) is 0 Å². The molecule has 0 N–H and O–H groups in total. The standard InChI is InChI=1S/C15H25NO/c1-11(2)15(12(3)4)14-7-6-13(10-16-14)8-9-17-5/h6-7,10-12,15H,8-9H2,1-5H3. The molecule has 1 rings (SSSR count). The molecule has 1 aromatic rings. The van der Waals surface area contributed by atoms with E-state index in [0.29, 0.717) is 17.8 Å². The molecule has 0 saturated heterocycles. The van der Waals surface area contributed by atoms with Crippen LogP contribution in [0, 0.1) is 11.8 Å². The van der Waals surface area contributed by atoms with Crippen molar-refractivity contribution in [3.63, 3.8) is 0 Å². The van der Waals surface area contributed by atoms with Crippen molar-refractivity contribution >= 4 is 0 Å². The highest BCUT2D eigenvalue weighted by atomic mass is 16.5. The molecular weight excluding hydrogens is 210 g/mol. The second kappa shape index (κ2) is 6.75. The minimum atomic E-state index is 0.548. The third-order valence-corrected chi connectivity index (χ3v) is 3.22. The van der Waals surface area contributed by atoms with E-state index in [1.807, 2.05) is 6.20 Å². The van der Waals surface area contributed by atoms with Crippen LogP contribution in [0.2, 0.25) is 0 Å². The molecule has 0 saturated carbocycles. The molecule has 2 nitrogen and oxygen atoms in total. The number of nitrogens with zero attached hydrogens (tertiary/aromatic N) is 1. The molecule has 0 fully saturated rings. The van der Waals surface area contributed by atoms with Gasteiger partial charge >= 0.3 is 0 Å². The highest BCUT2D eigenvalue weighted by Gasteiger charge is 2.20. The Hall–Kier alpha value is -0.890. The van der Waals surface area contributed by atoms with Crippen molar-refractivity contribution in [2.45, 2.75) is 40.0 Å². The molecule has 0 radical (unpaired) electrons. The summed E-state index contributed by atoms with van der Waals surface area (Å²) >= 11 is 0. The van der Waals surface area contributed by atoms with Gasteiger partial charge in [0.05, 0.1) is 6.61 Å². The third kappa shape index (κ3) is 4.12. The summed E-state index contributed by atoms with van der Waals surface area (Å²) in [6.45, 7) is 9.84. The van der Waals surface area contributed by atoms with Crippen LogP contribution < -0.4 is 0 Å². The Morgan fingerprint density at radius 3 is 2.18 bits per heavy atom. The number of aromatic nitrogens is 1. The smallest absolute Gasteiger partial charge is 0.0503 e. The van der Waals surface area contributed by atoms with Crippen molar-refractivity contribution < 1.29 is 4.74 Å². The maximum absolute atomic E-state index is 5.07. The van der Waals surface area contributed by atoms with Crippen LogP contribution in [0.5, 0.6) is 0 Å². The van der Waals surface area contributed by atoms with Crippen molar-refractivity contribution in [1.82, 2.24) is 4.98 Å². The van der Waals surface area contributed by atoms with Gasteiger partial charge < -0.3 is 4.74 Å². The van der Waals surface area contributed by atoms with Crippen molar-refractivity contribution in [3.8, 4) is 0 Å². The van der Waals surface area contributed by atoms with Crippen LogP contribution in [0.25, 0.3) is 0 Å². The molecule has 0 aliphatic carbocycles. The normalized spacial score (nSPS) is 11.8. The Morgan fingerprint density at radius 1 is 1.12 bits per heavy atom. The van der Waals surface area contributed by atoms with Gasteiger partial charge in [0.2, 0.25) is 0 Å². The molecular formula is C15H25NO. The number of hydrogen-bond acceptors (Lipinski definition) is 2. The highest BCUT2D eigenvalue weighted by Crippen LogP contribution is 2.30. The fraction of sp³-hybridized carbons (Fsp3) is 0.667. The zero-order valence-corrected chi connectivity index (χ0v) is 11.7. The summed E-state index contributed by atoms with van der Waals surface area (Å²) in [6.07, 6.45) is 2.93. The summed E-state index contributed by atoms with van der Waals surface area (Å²) in [4.78, 5) is 4.62. The molecule has 0 atom stereocenters. The predicted octanol–water partition coefficient (Wildman–Crippen LogP) is 3.67. The van der Waals surface area contributed by atoms with E-state index in [1.54, 1.807) is 7.11 Å². The number of ether oxygens (including phenoxy) is 1. The molecule has 1 aromatic heterocycles. The average molecular weight is 235 g/mol. The van der Waals surface area contributed by atoms with Crippen LogP contribution in [-0.2, 0) is 11.2 Å². The van der Waals surface area contributed by atoms with Gasteiger partial charge in [-0.2, -0.15) is 0 Å². The number of pyridine rings is 1. The monoisotopic (exact) mass is 235 g/mol. The van der Waals surface area contributed by atoms with Gasteiger partial charge in [-0.05, 0) is 29.9 Å². The van der Waals surface area contributed by atoms with Crippen molar-refractivity contribution in [1.29, 1.82) is 0 Å². The van der Waals surface area contributed by atoms with Gasteiger partial charge in [0.15, 0.2) is 0 Å². The van der Waals surface area contributed by atoms with Gasteiger partial charge in [-0.25, -0.2) is 0 Å². The van der Waals surface area contributed by atoms with Crippen molar-refractivity contribution in [3.05, 3.63) is 29.6 Å². The Morgan fingerprint density at radius 2 is 1.76 bits per heavy atom. The van der Waals surface area contributed by atoms with Crippen LogP contribution >= 0.6 is 0 Å². The average Bonchev–Trinajstić information content (AvgIpc) is 2.27. The number of rotatable bonds is 6. The fourth-order valence-electron chi connectivity index (χ4n) is 2.45. The maximum Gasteiger partial charge on any atom is 0.0503 e. The molecule has 2 heteroatoms. The van der Waals surface area contributed by atoms with E-state index < -0.39 is 0 Å². The van der Waals surface area contributed by atoms with E-state index in [1.165, 1.54) is 11.3 Å². The molecule has 0 amide bonds. The Labute approximate surface area is 105 Å². The van der Waals surface area contributed by atoms with E-state index >= 15 is 0 Å². The van der Waals surface area contributed by atoms with Gasteiger partial charge in [0.1, 0.15) is 0 Å². The van der Waals surface area contributed by atoms with E-state index in [4.69, 9.17) is 4.74 Å². The van der Waals surface area contributed by atoms with Gasteiger partial charge in [-0.1, -0.05) is 33.8 Å². The lowest BCUT2D eigenvalue weighted by atomic mass is 9.82. The fourth-order valence-corrected chi connectivity index (χ4v) is 2.45. The summed E-state index contributed by atoms with van der Waals surface area (Å²) in [5, 5.41) is 0. The zero-order chi connectivity index (χ0) is 12.8. The maximum atomic E-state index is 5.07. The van der Waals surface area contributed by atoms with E-state index in [-0.39, 0.29) is 0 Å². The first kappa shape index (κ1) is 14.2. The molecule has 17 heavy (non-hydrogen) atoms. The minimum absolute atomic E-state index is 0.548. The second-order valence-corrected chi connectivity index (χ2v) is 5.35. The Kier molecular flexibility index (Phi) is 5.63. The van der Waals surface area contributed by atoms with Crippen molar-refractivity contribution in [2.24, 2.45) is 11.8 Å². The van der Waals surface area contributed by atoms with E-state index in [9.17, 15) is 0 Å².